The van der Waals surface area contributed by atoms with E-state index in [0.29, 0.717) is 6.54 Å². The zero-order chi connectivity index (χ0) is 10.2. The fourth-order valence-corrected chi connectivity index (χ4v) is 2.71. The standard InChI is InChI=1S/C11H20N2O/c1-8(2)9-3-5-11(6-4-9)12-7-10(14)13-11/h8-9,12H,3-7H2,1-2H3,(H,13,14). The summed E-state index contributed by atoms with van der Waals surface area (Å²) in [6.07, 6.45) is 4.68. The highest BCUT2D eigenvalue weighted by Gasteiger charge is 2.40. The molecule has 2 N–H and O–H groups in total. The van der Waals surface area contributed by atoms with Crippen molar-refractivity contribution < 1.29 is 4.79 Å². The molecule has 2 rings (SSSR count). The molecule has 2 fully saturated rings. The lowest BCUT2D eigenvalue weighted by molar-refractivity contribution is -0.119. The monoisotopic (exact) mass is 196 g/mol. The van der Waals surface area contributed by atoms with Gasteiger partial charge in [-0.15, -0.1) is 0 Å². The quantitative estimate of drug-likeness (QED) is 0.662. The SMILES string of the molecule is CC(C)C1CCC2(CC1)NCC(=O)N2. The molecule has 0 atom stereocenters. The second-order valence-corrected chi connectivity index (χ2v) is 5.07. The van der Waals surface area contributed by atoms with Gasteiger partial charge in [-0.25, -0.2) is 0 Å². The minimum Gasteiger partial charge on any atom is -0.337 e. The Bertz CT molecular complexity index is 229. The highest BCUT2D eigenvalue weighted by molar-refractivity contribution is 5.81. The summed E-state index contributed by atoms with van der Waals surface area (Å²) in [6.45, 7) is 5.10. The molecule has 1 heterocycles. The van der Waals surface area contributed by atoms with Crippen LogP contribution in [0.5, 0.6) is 0 Å². The van der Waals surface area contributed by atoms with Gasteiger partial charge in [-0.05, 0) is 37.5 Å². The fraction of sp³-hybridized carbons (Fsp3) is 0.909. The van der Waals surface area contributed by atoms with E-state index < -0.39 is 0 Å². The second-order valence-electron chi connectivity index (χ2n) is 5.07. The third-order valence-corrected chi connectivity index (χ3v) is 3.79. The molecule has 0 unspecified atom stereocenters. The Morgan fingerprint density at radius 3 is 2.43 bits per heavy atom. The molecular formula is C11H20N2O. The topological polar surface area (TPSA) is 41.1 Å². The number of rotatable bonds is 1. The van der Waals surface area contributed by atoms with Gasteiger partial charge in [0.25, 0.3) is 0 Å². The van der Waals surface area contributed by atoms with E-state index in [9.17, 15) is 4.79 Å². The van der Waals surface area contributed by atoms with Crippen molar-refractivity contribution in [2.75, 3.05) is 6.54 Å². The first-order chi connectivity index (χ1) is 6.61. The van der Waals surface area contributed by atoms with E-state index >= 15 is 0 Å². The van der Waals surface area contributed by atoms with Gasteiger partial charge in [0.05, 0.1) is 12.2 Å². The van der Waals surface area contributed by atoms with E-state index in [1.165, 1.54) is 12.8 Å². The van der Waals surface area contributed by atoms with Gasteiger partial charge < -0.3 is 5.32 Å². The summed E-state index contributed by atoms with van der Waals surface area (Å²) < 4.78 is 0. The minimum atomic E-state index is -0.0392. The van der Waals surface area contributed by atoms with Crippen molar-refractivity contribution >= 4 is 5.91 Å². The van der Waals surface area contributed by atoms with Crippen LogP contribution >= 0.6 is 0 Å². The largest absolute Gasteiger partial charge is 0.337 e. The third kappa shape index (κ3) is 1.78. The average molecular weight is 196 g/mol. The summed E-state index contributed by atoms with van der Waals surface area (Å²) >= 11 is 0. The van der Waals surface area contributed by atoms with Crippen LogP contribution in [0.15, 0.2) is 0 Å². The van der Waals surface area contributed by atoms with Gasteiger partial charge in [-0.2, -0.15) is 0 Å². The number of hydrogen-bond donors (Lipinski definition) is 2. The number of nitrogens with one attached hydrogen (secondary N) is 2. The van der Waals surface area contributed by atoms with Crippen molar-refractivity contribution in [3.63, 3.8) is 0 Å². The van der Waals surface area contributed by atoms with Crippen molar-refractivity contribution in [3.05, 3.63) is 0 Å². The minimum absolute atomic E-state index is 0.0392. The van der Waals surface area contributed by atoms with E-state index in [1.807, 2.05) is 0 Å². The molecule has 14 heavy (non-hydrogen) atoms. The van der Waals surface area contributed by atoms with E-state index in [1.54, 1.807) is 0 Å². The maximum atomic E-state index is 11.2. The van der Waals surface area contributed by atoms with Gasteiger partial charge in [0.15, 0.2) is 0 Å². The van der Waals surface area contributed by atoms with Gasteiger partial charge in [-0.3, -0.25) is 10.1 Å². The van der Waals surface area contributed by atoms with Crippen LogP contribution in [0.25, 0.3) is 0 Å². The average Bonchev–Trinajstić information content (AvgIpc) is 2.48. The highest BCUT2D eigenvalue weighted by atomic mass is 16.2. The Morgan fingerprint density at radius 1 is 1.36 bits per heavy atom. The van der Waals surface area contributed by atoms with E-state index in [4.69, 9.17) is 0 Å². The molecule has 0 aromatic carbocycles. The maximum absolute atomic E-state index is 11.2. The van der Waals surface area contributed by atoms with E-state index in [2.05, 4.69) is 24.5 Å². The molecule has 0 aromatic rings. The van der Waals surface area contributed by atoms with Crippen LogP contribution < -0.4 is 10.6 Å². The Balaban J connectivity index is 1.92. The van der Waals surface area contributed by atoms with Crippen molar-refractivity contribution in [2.45, 2.75) is 45.2 Å². The van der Waals surface area contributed by atoms with Gasteiger partial charge in [0, 0.05) is 0 Å². The Labute approximate surface area is 85.6 Å². The molecule has 0 radical (unpaired) electrons. The summed E-state index contributed by atoms with van der Waals surface area (Å²) in [5, 5.41) is 6.40. The van der Waals surface area contributed by atoms with E-state index in [-0.39, 0.29) is 11.6 Å². The first-order valence-electron chi connectivity index (χ1n) is 5.67. The van der Waals surface area contributed by atoms with Crippen LogP contribution in [0.1, 0.15) is 39.5 Å². The summed E-state index contributed by atoms with van der Waals surface area (Å²) in [4.78, 5) is 11.2. The molecule has 1 aliphatic heterocycles. The van der Waals surface area contributed by atoms with Crippen LogP contribution in [0.4, 0.5) is 0 Å². The van der Waals surface area contributed by atoms with Gasteiger partial charge in [0.2, 0.25) is 5.91 Å². The second kappa shape index (κ2) is 3.54. The Morgan fingerprint density at radius 2 is 2.00 bits per heavy atom. The van der Waals surface area contributed by atoms with Gasteiger partial charge >= 0.3 is 0 Å². The summed E-state index contributed by atoms with van der Waals surface area (Å²) in [5.74, 6) is 1.79. The molecule has 1 amide bonds. The van der Waals surface area contributed by atoms with Crippen molar-refractivity contribution in [1.29, 1.82) is 0 Å². The zero-order valence-corrected chi connectivity index (χ0v) is 9.10. The van der Waals surface area contributed by atoms with Gasteiger partial charge in [-0.1, -0.05) is 13.8 Å². The maximum Gasteiger partial charge on any atom is 0.235 e. The number of hydrogen-bond acceptors (Lipinski definition) is 2. The van der Waals surface area contributed by atoms with Crippen LogP contribution in [-0.2, 0) is 4.79 Å². The van der Waals surface area contributed by atoms with E-state index in [0.717, 1.165) is 24.7 Å². The number of carbonyl (C=O) groups excluding carboxylic acids is 1. The van der Waals surface area contributed by atoms with Crippen LogP contribution in [0, 0.1) is 11.8 Å². The molecule has 1 saturated carbocycles. The number of carbonyl (C=O) groups is 1. The lowest BCUT2D eigenvalue weighted by Gasteiger charge is -2.38. The molecule has 0 aromatic heterocycles. The van der Waals surface area contributed by atoms with Crippen LogP contribution in [0.3, 0.4) is 0 Å². The Hall–Kier alpha value is -0.570. The summed E-state index contributed by atoms with van der Waals surface area (Å²) in [5.41, 5.74) is -0.0392. The molecule has 1 aliphatic carbocycles. The predicted octanol–water partition coefficient (Wildman–Crippen LogP) is 1.25. The van der Waals surface area contributed by atoms with Crippen LogP contribution in [0.2, 0.25) is 0 Å². The molecule has 3 heteroatoms. The van der Waals surface area contributed by atoms with Crippen molar-refractivity contribution in [3.8, 4) is 0 Å². The first kappa shape index (κ1) is 9.97. The Kier molecular flexibility index (Phi) is 2.52. The van der Waals surface area contributed by atoms with Crippen molar-refractivity contribution in [2.24, 2.45) is 11.8 Å². The molecule has 1 saturated heterocycles. The lowest BCUT2D eigenvalue weighted by atomic mass is 9.77. The summed E-state index contributed by atoms with van der Waals surface area (Å²) in [6, 6.07) is 0. The number of amides is 1. The lowest BCUT2D eigenvalue weighted by Crippen LogP contribution is -2.52. The summed E-state index contributed by atoms with van der Waals surface area (Å²) in [7, 11) is 0. The molecule has 1 spiro atoms. The molecular weight excluding hydrogens is 176 g/mol. The van der Waals surface area contributed by atoms with Gasteiger partial charge in [0.1, 0.15) is 0 Å². The molecule has 3 nitrogen and oxygen atoms in total. The molecule has 80 valence electrons. The smallest absolute Gasteiger partial charge is 0.235 e. The zero-order valence-electron chi connectivity index (χ0n) is 9.10. The fourth-order valence-electron chi connectivity index (χ4n) is 2.71. The third-order valence-electron chi connectivity index (χ3n) is 3.79. The normalized spacial score (nSPS) is 37.9. The molecule has 0 bridgehead atoms. The first-order valence-corrected chi connectivity index (χ1v) is 5.67. The van der Waals surface area contributed by atoms with Crippen LogP contribution in [-0.4, -0.2) is 18.1 Å². The van der Waals surface area contributed by atoms with Crippen molar-refractivity contribution in [1.82, 2.24) is 10.6 Å². The highest BCUT2D eigenvalue weighted by Crippen LogP contribution is 2.35. The molecule has 2 aliphatic rings. The predicted molar refractivity (Wildman–Crippen MR) is 55.7 cm³/mol.